The Morgan fingerprint density at radius 1 is 1.33 bits per heavy atom. The van der Waals surface area contributed by atoms with E-state index in [0.717, 1.165) is 22.6 Å². The summed E-state index contributed by atoms with van der Waals surface area (Å²) >= 11 is 1.12. The highest BCUT2D eigenvalue weighted by Gasteiger charge is 2.23. The molecule has 0 fully saturated rings. The Hall–Kier alpha value is -2.21. The predicted molar refractivity (Wildman–Crippen MR) is 82.9 cm³/mol. The van der Waals surface area contributed by atoms with E-state index >= 15 is 0 Å². The number of anilines is 2. The maximum absolute atomic E-state index is 11.6. The Morgan fingerprint density at radius 3 is 2.48 bits per heavy atom. The summed E-state index contributed by atoms with van der Waals surface area (Å²) in [5, 5.41) is 9.70. The van der Waals surface area contributed by atoms with Gasteiger partial charge >= 0.3 is 5.97 Å². The van der Waals surface area contributed by atoms with E-state index < -0.39 is 5.97 Å². The number of para-hydroxylation sites is 1. The Bertz CT molecular complexity index is 662. The third-order valence-electron chi connectivity index (χ3n) is 3.09. The number of rotatable bonds is 5. The van der Waals surface area contributed by atoms with Crippen molar-refractivity contribution in [1.29, 1.82) is 0 Å². The number of benzene rings is 1. The van der Waals surface area contributed by atoms with Crippen molar-refractivity contribution in [3.8, 4) is 0 Å². The van der Waals surface area contributed by atoms with Crippen LogP contribution in [0.15, 0.2) is 24.3 Å². The number of hydrogen-bond donors (Lipinski definition) is 1. The third kappa shape index (κ3) is 2.95. The first-order valence-corrected chi connectivity index (χ1v) is 7.35. The maximum atomic E-state index is 11.6. The number of hydrogen-bond acceptors (Lipinski definition) is 5. The summed E-state index contributed by atoms with van der Waals surface area (Å²) in [5.41, 5.74) is 1.85. The molecule has 0 radical (unpaired) electrons. The van der Waals surface area contributed by atoms with Crippen LogP contribution in [0.5, 0.6) is 0 Å². The number of carbonyl (C=O) groups is 2. The molecule has 110 valence electrons. The molecule has 21 heavy (non-hydrogen) atoms. The minimum absolute atomic E-state index is 0.172. The number of nitrogens with zero attached hydrogens (tertiary/aromatic N) is 2. The predicted octanol–water partition coefficient (Wildman–Crippen LogP) is 3.51. The van der Waals surface area contributed by atoms with Crippen LogP contribution in [0, 0.1) is 6.92 Å². The SMILES string of the molecule is CCN(c1nc(C(=O)O)c(C(C)=O)s1)c1ccccc1C. The monoisotopic (exact) mass is 304 g/mol. The maximum Gasteiger partial charge on any atom is 0.356 e. The first-order valence-electron chi connectivity index (χ1n) is 6.54. The van der Waals surface area contributed by atoms with E-state index in [2.05, 4.69) is 4.98 Å². The lowest BCUT2D eigenvalue weighted by molar-refractivity contribution is 0.0687. The molecule has 2 rings (SSSR count). The van der Waals surface area contributed by atoms with Crippen LogP contribution in [0.3, 0.4) is 0 Å². The zero-order valence-electron chi connectivity index (χ0n) is 12.1. The van der Waals surface area contributed by atoms with Gasteiger partial charge in [0.2, 0.25) is 0 Å². The van der Waals surface area contributed by atoms with Gasteiger partial charge in [-0.05, 0) is 25.5 Å². The average molecular weight is 304 g/mol. The van der Waals surface area contributed by atoms with E-state index in [1.54, 1.807) is 0 Å². The molecule has 0 atom stereocenters. The summed E-state index contributed by atoms with van der Waals surface area (Å²) in [6, 6.07) is 7.80. The Labute approximate surface area is 126 Å². The summed E-state index contributed by atoms with van der Waals surface area (Å²) in [7, 11) is 0. The van der Waals surface area contributed by atoms with E-state index in [0.29, 0.717) is 11.7 Å². The molecule has 0 saturated heterocycles. The first-order chi connectivity index (χ1) is 9.95. The van der Waals surface area contributed by atoms with Gasteiger partial charge in [0.15, 0.2) is 16.6 Å². The van der Waals surface area contributed by atoms with Crippen molar-refractivity contribution in [2.75, 3.05) is 11.4 Å². The molecule has 0 aliphatic carbocycles. The number of carbonyl (C=O) groups excluding carboxylic acids is 1. The first kappa shape index (κ1) is 15.2. The van der Waals surface area contributed by atoms with Crippen LogP contribution in [-0.4, -0.2) is 28.4 Å². The van der Waals surface area contributed by atoms with E-state index in [-0.39, 0.29) is 16.4 Å². The number of Topliss-reactive ketones (excluding diaryl/α,β-unsaturated/α-hetero) is 1. The number of thiazole rings is 1. The highest BCUT2D eigenvalue weighted by Crippen LogP contribution is 2.33. The minimum Gasteiger partial charge on any atom is -0.476 e. The van der Waals surface area contributed by atoms with Gasteiger partial charge in [-0.2, -0.15) is 0 Å². The number of ketones is 1. The molecule has 1 aromatic carbocycles. The molecule has 0 saturated carbocycles. The molecule has 0 amide bonds. The van der Waals surface area contributed by atoms with Gasteiger partial charge in [-0.15, -0.1) is 0 Å². The van der Waals surface area contributed by atoms with Crippen LogP contribution in [0.25, 0.3) is 0 Å². The molecule has 1 heterocycles. The Balaban J connectivity index is 2.54. The van der Waals surface area contributed by atoms with E-state index in [1.807, 2.05) is 43.0 Å². The molecule has 5 nitrogen and oxygen atoms in total. The van der Waals surface area contributed by atoms with Crippen molar-refractivity contribution in [2.45, 2.75) is 20.8 Å². The summed E-state index contributed by atoms with van der Waals surface area (Å²) in [6.45, 7) is 5.93. The molecule has 1 N–H and O–H groups in total. The van der Waals surface area contributed by atoms with Crippen molar-refractivity contribution in [1.82, 2.24) is 4.98 Å². The molecule has 2 aromatic rings. The van der Waals surface area contributed by atoms with Gasteiger partial charge in [-0.3, -0.25) is 4.79 Å². The van der Waals surface area contributed by atoms with Gasteiger partial charge in [0, 0.05) is 19.2 Å². The second-order valence-electron chi connectivity index (χ2n) is 4.57. The summed E-state index contributed by atoms with van der Waals surface area (Å²) in [5.74, 6) is -1.46. The average Bonchev–Trinajstić information content (AvgIpc) is 2.87. The van der Waals surface area contributed by atoms with Crippen molar-refractivity contribution >= 4 is 33.9 Å². The lowest BCUT2D eigenvalue weighted by Gasteiger charge is -2.21. The fraction of sp³-hybridized carbons (Fsp3) is 0.267. The van der Waals surface area contributed by atoms with Crippen LogP contribution < -0.4 is 4.90 Å². The van der Waals surface area contributed by atoms with E-state index in [9.17, 15) is 14.7 Å². The molecule has 6 heteroatoms. The number of aromatic nitrogens is 1. The van der Waals surface area contributed by atoms with Gasteiger partial charge < -0.3 is 10.0 Å². The number of carboxylic acid groups (broad SMARTS) is 1. The normalized spacial score (nSPS) is 10.4. The van der Waals surface area contributed by atoms with Crippen LogP contribution in [0.1, 0.15) is 39.6 Å². The molecule has 0 aliphatic rings. The topological polar surface area (TPSA) is 70.5 Å². The Morgan fingerprint density at radius 2 is 2.00 bits per heavy atom. The van der Waals surface area contributed by atoms with Gasteiger partial charge in [0.05, 0.1) is 0 Å². The fourth-order valence-corrected chi connectivity index (χ4v) is 3.11. The number of aromatic carboxylic acids is 1. The quantitative estimate of drug-likeness (QED) is 0.856. The van der Waals surface area contributed by atoms with Gasteiger partial charge in [0.1, 0.15) is 4.88 Å². The molecule has 0 unspecified atom stereocenters. The number of carboxylic acids is 1. The van der Waals surface area contributed by atoms with Crippen LogP contribution in [0.2, 0.25) is 0 Å². The lowest BCUT2D eigenvalue weighted by Crippen LogP contribution is -2.17. The van der Waals surface area contributed by atoms with Crippen molar-refractivity contribution in [2.24, 2.45) is 0 Å². The fourth-order valence-electron chi connectivity index (χ4n) is 2.08. The smallest absolute Gasteiger partial charge is 0.356 e. The largest absolute Gasteiger partial charge is 0.476 e. The van der Waals surface area contributed by atoms with E-state index in [4.69, 9.17) is 0 Å². The van der Waals surface area contributed by atoms with Gasteiger partial charge in [-0.25, -0.2) is 9.78 Å². The van der Waals surface area contributed by atoms with Crippen molar-refractivity contribution in [3.63, 3.8) is 0 Å². The summed E-state index contributed by atoms with van der Waals surface area (Å²) in [4.78, 5) is 29.1. The van der Waals surface area contributed by atoms with Crippen LogP contribution in [-0.2, 0) is 0 Å². The van der Waals surface area contributed by atoms with Crippen LogP contribution in [0.4, 0.5) is 10.8 Å². The number of aryl methyl sites for hydroxylation is 1. The molecular weight excluding hydrogens is 288 g/mol. The third-order valence-corrected chi connectivity index (χ3v) is 4.27. The van der Waals surface area contributed by atoms with Crippen molar-refractivity contribution < 1.29 is 14.7 Å². The molecular formula is C15H16N2O3S. The minimum atomic E-state index is -1.18. The zero-order chi connectivity index (χ0) is 15.6. The van der Waals surface area contributed by atoms with E-state index in [1.165, 1.54) is 6.92 Å². The highest BCUT2D eigenvalue weighted by atomic mass is 32.1. The molecule has 0 spiro atoms. The standard InChI is InChI=1S/C15H16N2O3S/c1-4-17(11-8-6-5-7-9(11)2)15-16-12(14(19)20)13(21-15)10(3)18/h5-8H,4H2,1-3H3,(H,19,20). The molecule has 1 aromatic heterocycles. The van der Waals surface area contributed by atoms with Gasteiger partial charge in [0.25, 0.3) is 0 Å². The van der Waals surface area contributed by atoms with Crippen LogP contribution >= 0.6 is 11.3 Å². The zero-order valence-corrected chi connectivity index (χ0v) is 12.9. The van der Waals surface area contributed by atoms with Gasteiger partial charge in [-0.1, -0.05) is 29.5 Å². The Kier molecular flexibility index (Phi) is 4.37. The second-order valence-corrected chi connectivity index (χ2v) is 5.54. The summed E-state index contributed by atoms with van der Waals surface area (Å²) in [6.07, 6.45) is 0. The highest BCUT2D eigenvalue weighted by molar-refractivity contribution is 7.17. The van der Waals surface area contributed by atoms with Crippen molar-refractivity contribution in [3.05, 3.63) is 40.4 Å². The second kappa shape index (κ2) is 6.05. The summed E-state index contributed by atoms with van der Waals surface area (Å²) < 4.78 is 0. The molecule has 0 aliphatic heterocycles. The lowest BCUT2D eigenvalue weighted by atomic mass is 10.2. The molecule has 0 bridgehead atoms.